The number of nitrogens with zero attached hydrogens (tertiary/aromatic N) is 1. The molecule has 22 heavy (non-hydrogen) atoms. The first-order valence-corrected chi connectivity index (χ1v) is 7.12. The Morgan fingerprint density at radius 2 is 2.09 bits per heavy atom. The second-order valence-electron chi connectivity index (χ2n) is 6.18. The van der Waals surface area contributed by atoms with E-state index in [4.69, 9.17) is 13.8 Å². The molecule has 1 radical (unpaired) electrons. The van der Waals surface area contributed by atoms with Crippen molar-refractivity contribution in [3.8, 4) is 0 Å². The normalized spacial score (nSPS) is 11.7. The summed E-state index contributed by atoms with van der Waals surface area (Å²) in [7, 11) is 1.66. The molecule has 0 bridgehead atoms. The topological polar surface area (TPSA) is 73.6 Å². The van der Waals surface area contributed by atoms with E-state index < -0.39 is 11.7 Å². The predicted molar refractivity (Wildman–Crippen MR) is 85.5 cm³/mol. The van der Waals surface area contributed by atoms with Crippen LogP contribution in [0.15, 0.2) is 22.6 Å². The Bertz CT molecular complexity index is 661. The minimum atomic E-state index is -0.603. The molecule has 6 nitrogen and oxygen atoms in total. The van der Waals surface area contributed by atoms with Crippen molar-refractivity contribution in [3.63, 3.8) is 0 Å². The van der Waals surface area contributed by atoms with Gasteiger partial charge in [0.2, 0.25) is 0 Å². The highest BCUT2D eigenvalue weighted by Crippen LogP contribution is 2.18. The summed E-state index contributed by atoms with van der Waals surface area (Å²) in [5.41, 5.74) is 1.49. The van der Waals surface area contributed by atoms with Crippen LogP contribution in [-0.4, -0.2) is 30.3 Å². The van der Waals surface area contributed by atoms with E-state index in [2.05, 4.69) is 10.3 Å². The van der Waals surface area contributed by atoms with Crippen LogP contribution >= 0.6 is 0 Å². The second-order valence-corrected chi connectivity index (χ2v) is 6.18. The predicted octanol–water partition coefficient (Wildman–Crippen LogP) is 2.84. The van der Waals surface area contributed by atoms with Gasteiger partial charge in [-0.15, -0.1) is 0 Å². The molecule has 1 N–H and O–H groups in total. The summed E-state index contributed by atoms with van der Waals surface area (Å²) in [5.74, 6) is 0. The van der Waals surface area contributed by atoms with Crippen LogP contribution in [0.5, 0.6) is 0 Å². The van der Waals surface area contributed by atoms with E-state index in [9.17, 15) is 4.79 Å². The van der Waals surface area contributed by atoms with Crippen LogP contribution < -0.4 is 10.8 Å². The molecule has 0 aliphatic carbocycles. The van der Waals surface area contributed by atoms with Crippen LogP contribution in [0.4, 0.5) is 10.8 Å². The number of benzene rings is 1. The highest BCUT2D eigenvalue weighted by molar-refractivity contribution is 6.47. The quantitative estimate of drug-likeness (QED) is 0.879. The van der Waals surface area contributed by atoms with Gasteiger partial charge >= 0.3 is 19.6 Å². The first kappa shape index (κ1) is 16.4. The Labute approximate surface area is 130 Å². The number of anilines is 1. The highest BCUT2D eigenvalue weighted by atomic mass is 16.6. The number of hydrogen-bond acceptors (Lipinski definition) is 5. The fraction of sp³-hybridized carbons (Fsp3) is 0.467. The van der Waals surface area contributed by atoms with E-state index in [1.54, 1.807) is 40.4 Å². The van der Waals surface area contributed by atoms with Gasteiger partial charge in [0.15, 0.2) is 5.58 Å². The van der Waals surface area contributed by atoms with Crippen LogP contribution in [0.3, 0.4) is 0 Å². The highest BCUT2D eigenvalue weighted by Gasteiger charge is 2.18. The smallest absolute Gasteiger partial charge is 0.415 e. The van der Waals surface area contributed by atoms with Gasteiger partial charge in [0, 0.05) is 6.10 Å². The molecule has 0 fully saturated rings. The lowest BCUT2D eigenvalue weighted by molar-refractivity contribution is 0.0632. The van der Waals surface area contributed by atoms with E-state index in [-0.39, 0.29) is 12.1 Å². The summed E-state index contributed by atoms with van der Waals surface area (Å²) in [6.07, 6.45) is -0.496. The second kappa shape index (κ2) is 6.40. The van der Waals surface area contributed by atoms with Crippen LogP contribution in [0.2, 0.25) is 0 Å². The van der Waals surface area contributed by atoms with Crippen molar-refractivity contribution in [2.24, 2.45) is 0 Å². The molecule has 7 heteroatoms. The molecular weight excluding hydrogens is 283 g/mol. The molecule has 0 saturated heterocycles. The average molecular weight is 303 g/mol. The van der Waals surface area contributed by atoms with Gasteiger partial charge in [0.1, 0.15) is 11.1 Å². The number of hydrogen-bond donors (Lipinski definition) is 1. The minimum Gasteiger partial charge on any atom is -0.443 e. The molecule has 0 spiro atoms. The summed E-state index contributed by atoms with van der Waals surface area (Å²) in [4.78, 5) is 15.9. The molecule has 0 unspecified atom stereocenters. The molecule has 1 amide bonds. The van der Waals surface area contributed by atoms with E-state index in [1.807, 2.05) is 19.9 Å². The summed E-state index contributed by atoms with van der Waals surface area (Å²) in [6, 6.07) is 5.57. The first-order chi connectivity index (χ1) is 10.2. The van der Waals surface area contributed by atoms with Crippen molar-refractivity contribution >= 4 is 36.2 Å². The largest absolute Gasteiger partial charge is 0.443 e. The van der Waals surface area contributed by atoms with Gasteiger partial charge in [0.25, 0.3) is 0 Å². The molecule has 1 aromatic heterocycles. The van der Waals surface area contributed by atoms with Crippen molar-refractivity contribution in [3.05, 3.63) is 18.2 Å². The van der Waals surface area contributed by atoms with Crippen molar-refractivity contribution in [2.75, 3.05) is 5.32 Å². The number of aromatic nitrogens is 1. The van der Waals surface area contributed by atoms with Crippen LogP contribution in [-0.2, 0) is 9.39 Å². The van der Waals surface area contributed by atoms with E-state index in [0.717, 1.165) is 5.46 Å². The molecule has 0 atom stereocenters. The Kier molecular flexibility index (Phi) is 4.76. The van der Waals surface area contributed by atoms with Gasteiger partial charge in [-0.1, -0.05) is 6.07 Å². The molecule has 0 saturated carbocycles. The maximum absolute atomic E-state index is 11.7. The summed E-state index contributed by atoms with van der Waals surface area (Å²) >= 11 is 0. The van der Waals surface area contributed by atoms with Crippen LogP contribution in [0.25, 0.3) is 11.1 Å². The number of nitrogens with one attached hydrogen (secondary N) is 1. The van der Waals surface area contributed by atoms with Crippen molar-refractivity contribution in [1.82, 2.24) is 4.98 Å². The molecule has 2 rings (SSSR count). The van der Waals surface area contributed by atoms with E-state index in [1.165, 1.54) is 0 Å². The molecule has 0 aliphatic rings. The van der Waals surface area contributed by atoms with Crippen LogP contribution in [0.1, 0.15) is 34.6 Å². The summed E-state index contributed by atoms with van der Waals surface area (Å²) < 4.78 is 16.1. The lowest BCUT2D eigenvalue weighted by atomic mass is 9.87. The van der Waals surface area contributed by atoms with Gasteiger partial charge in [0.05, 0.1) is 0 Å². The third-order valence-electron chi connectivity index (χ3n) is 2.50. The van der Waals surface area contributed by atoms with Crippen molar-refractivity contribution in [2.45, 2.75) is 46.3 Å². The van der Waals surface area contributed by atoms with Gasteiger partial charge in [-0.25, -0.2) is 10.1 Å². The maximum atomic E-state index is 11.7. The fourth-order valence-corrected chi connectivity index (χ4v) is 1.67. The monoisotopic (exact) mass is 303 g/mol. The Morgan fingerprint density at radius 3 is 2.73 bits per heavy atom. The minimum absolute atomic E-state index is 0.103. The van der Waals surface area contributed by atoms with Crippen LogP contribution in [0, 0.1) is 0 Å². The number of rotatable bonds is 4. The zero-order chi connectivity index (χ0) is 16.3. The third-order valence-corrected chi connectivity index (χ3v) is 2.50. The molecule has 117 valence electrons. The standard InChI is InChI=1S/C15H20BN2O4/c1-9(2)22-16-10-6-7-11-12(8-10)20-13(17-11)18-14(19)21-15(3,4)5/h6-9H,1-5H3,(H,17,18,19). The number of amides is 1. The van der Waals surface area contributed by atoms with Crippen molar-refractivity contribution < 1.29 is 18.6 Å². The molecule has 1 heterocycles. The SMILES string of the molecule is CC(C)O[B]c1ccc2nc(NC(=O)OC(C)(C)C)oc2c1. The van der Waals surface area contributed by atoms with Crippen molar-refractivity contribution in [1.29, 1.82) is 0 Å². The molecule has 2 aromatic rings. The number of carbonyl (C=O) groups is 1. The van der Waals surface area contributed by atoms with Gasteiger partial charge in [-0.3, -0.25) is 0 Å². The summed E-state index contributed by atoms with van der Waals surface area (Å²) in [5, 5.41) is 2.48. The number of carbonyl (C=O) groups excluding carboxylic acids is 1. The van der Waals surface area contributed by atoms with Gasteiger partial charge in [-0.2, -0.15) is 4.98 Å². The molecular formula is C15H20BN2O4. The van der Waals surface area contributed by atoms with E-state index in [0.29, 0.717) is 11.1 Å². The lowest BCUT2D eigenvalue weighted by Gasteiger charge is -2.18. The van der Waals surface area contributed by atoms with Gasteiger partial charge in [-0.05, 0) is 52.2 Å². The molecule has 0 aliphatic heterocycles. The number of ether oxygens (including phenoxy) is 1. The van der Waals surface area contributed by atoms with Gasteiger partial charge < -0.3 is 13.8 Å². The number of oxazole rings is 1. The summed E-state index contributed by atoms with van der Waals surface area (Å²) in [6.45, 7) is 9.26. The maximum Gasteiger partial charge on any atom is 0.415 e. The zero-order valence-electron chi connectivity index (χ0n) is 13.5. The third kappa shape index (κ3) is 4.77. The lowest BCUT2D eigenvalue weighted by Crippen LogP contribution is -2.27. The Morgan fingerprint density at radius 1 is 1.36 bits per heavy atom. The number of fused-ring (bicyclic) bond motifs is 1. The Balaban J connectivity index is 2.08. The Hall–Kier alpha value is -2.02. The van der Waals surface area contributed by atoms with E-state index >= 15 is 0 Å². The average Bonchev–Trinajstić information content (AvgIpc) is 2.74. The fourth-order valence-electron chi connectivity index (χ4n) is 1.67. The zero-order valence-corrected chi connectivity index (χ0v) is 13.5. The first-order valence-electron chi connectivity index (χ1n) is 7.12. The molecule has 1 aromatic carbocycles.